The lowest BCUT2D eigenvalue weighted by molar-refractivity contribution is 0.0314. The van der Waals surface area contributed by atoms with Crippen molar-refractivity contribution in [3.63, 3.8) is 0 Å². The van der Waals surface area contributed by atoms with Crippen molar-refractivity contribution in [3.05, 3.63) is 77.4 Å². The summed E-state index contributed by atoms with van der Waals surface area (Å²) in [6.45, 7) is 6.65. The van der Waals surface area contributed by atoms with Crippen LogP contribution in [0, 0.1) is 11.6 Å². The van der Waals surface area contributed by atoms with E-state index in [0.29, 0.717) is 35.5 Å². The van der Waals surface area contributed by atoms with E-state index in [4.69, 9.17) is 9.47 Å². The zero-order valence-corrected chi connectivity index (χ0v) is 26.3. The number of carboxylic acid groups (broad SMARTS) is 1. The van der Waals surface area contributed by atoms with Crippen LogP contribution in [0.2, 0.25) is 0 Å². The normalized spacial score (nSPS) is 11.8. The molecule has 0 amide bonds. The number of carbonyl (C=O) groups excluding carboxylic acids is 1. The first-order valence-corrected chi connectivity index (χ1v) is 16.1. The van der Waals surface area contributed by atoms with Crippen LogP contribution in [-0.4, -0.2) is 29.8 Å². The number of benzene rings is 3. The topological polar surface area (TPSA) is 72.8 Å². The number of hydrogen-bond donors (Lipinski definition) is 1. The first kappa shape index (κ1) is 34.7. The fraction of sp³-hybridized carbons (Fsp3) is 0.459. The third-order valence-corrected chi connectivity index (χ3v) is 7.79. The molecule has 5 nitrogen and oxygen atoms in total. The summed E-state index contributed by atoms with van der Waals surface area (Å²) in [6.07, 6.45) is 12.7. The Kier molecular flexibility index (Phi) is 14.3. The standard InChI is InChI=1S/C37H46F2O5/c1-4-6-8-10-11-12-14-22-43-29-18-21-30(31-19-17-28(36(40)41)24-34(31)38)33(25-29)27-16-20-32(35(39)23-27)37(42)44-26(3)15-13-9-7-5-2/h16-21,23-26H,4-15,22H2,1-3H3,(H,40,41). The fourth-order valence-corrected chi connectivity index (χ4v) is 5.21. The lowest BCUT2D eigenvalue weighted by Gasteiger charge is -2.16. The molecule has 3 aromatic rings. The van der Waals surface area contributed by atoms with Crippen molar-refractivity contribution in [2.45, 2.75) is 104 Å². The molecule has 0 spiro atoms. The van der Waals surface area contributed by atoms with Gasteiger partial charge in [0.15, 0.2) is 0 Å². The molecule has 7 heteroatoms. The minimum Gasteiger partial charge on any atom is -0.494 e. The van der Waals surface area contributed by atoms with Crippen LogP contribution in [0.3, 0.4) is 0 Å². The van der Waals surface area contributed by atoms with E-state index in [1.807, 2.05) is 6.92 Å². The van der Waals surface area contributed by atoms with Gasteiger partial charge in [0, 0.05) is 5.56 Å². The Morgan fingerprint density at radius 2 is 1.39 bits per heavy atom. The largest absolute Gasteiger partial charge is 0.494 e. The Morgan fingerprint density at radius 3 is 2.05 bits per heavy atom. The van der Waals surface area contributed by atoms with Crippen molar-refractivity contribution < 1.29 is 33.0 Å². The van der Waals surface area contributed by atoms with Crippen LogP contribution >= 0.6 is 0 Å². The minimum absolute atomic E-state index is 0.168. The predicted molar refractivity (Wildman–Crippen MR) is 171 cm³/mol. The maximum Gasteiger partial charge on any atom is 0.341 e. The van der Waals surface area contributed by atoms with Gasteiger partial charge in [-0.25, -0.2) is 18.4 Å². The zero-order chi connectivity index (χ0) is 31.9. The first-order valence-electron chi connectivity index (χ1n) is 16.1. The summed E-state index contributed by atoms with van der Waals surface area (Å²) in [6, 6.07) is 13.1. The third-order valence-electron chi connectivity index (χ3n) is 7.79. The second-order valence-corrected chi connectivity index (χ2v) is 11.4. The van der Waals surface area contributed by atoms with Crippen LogP contribution in [0.4, 0.5) is 8.78 Å². The average molecular weight is 609 g/mol. The number of carboxylic acids is 1. The molecule has 238 valence electrons. The van der Waals surface area contributed by atoms with E-state index in [0.717, 1.165) is 51.0 Å². The predicted octanol–water partition coefficient (Wildman–Crippen LogP) is 10.6. The minimum atomic E-state index is -1.23. The van der Waals surface area contributed by atoms with Gasteiger partial charge in [-0.3, -0.25) is 0 Å². The smallest absolute Gasteiger partial charge is 0.341 e. The third kappa shape index (κ3) is 10.5. The highest BCUT2D eigenvalue weighted by molar-refractivity contribution is 5.92. The van der Waals surface area contributed by atoms with Crippen molar-refractivity contribution in [3.8, 4) is 28.0 Å². The van der Waals surface area contributed by atoms with E-state index in [2.05, 4.69) is 13.8 Å². The highest BCUT2D eigenvalue weighted by Crippen LogP contribution is 2.37. The van der Waals surface area contributed by atoms with E-state index in [9.17, 15) is 14.7 Å². The number of unbranched alkanes of at least 4 members (excludes halogenated alkanes) is 9. The van der Waals surface area contributed by atoms with Gasteiger partial charge in [-0.1, -0.05) is 83.8 Å². The van der Waals surface area contributed by atoms with Gasteiger partial charge in [-0.05, 0) is 85.3 Å². The Hall–Kier alpha value is -3.74. The van der Waals surface area contributed by atoms with E-state index < -0.39 is 23.6 Å². The quantitative estimate of drug-likeness (QED) is 0.108. The van der Waals surface area contributed by atoms with Crippen LogP contribution in [-0.2, 0) is 4.74 Å². The van der Waals surface area contributed by atoms with Crippen molar-refractivity contribution in [2.24, 2.45) is 0 Å². The van der Waals surface area contributed by atoms with Crippen molar-refractivity contribution in [1.82, 2.24) is 0 Å². The van der Waals surface area contributed by atoms with Gasteiger partial charge in [-0.2, -0.15) is 0 Å². The molecule has 0 bridgehead atoms. The van der Waals surface area contributed by atoms with Gasteiger partial charge in [0.2, 0.25) is 0 Å². The van der Waals surface area contributed by atoms with Gasteiger partial charge >= 0.3 is 11.9 Å². The summed E-state index contributed by atoms with van der Waals surface area (Å²) in [4.78, 5) is 24.1. The molecule has 0 heterocycles. The van der Waals surface area contributed by atoms with E-state index in [1.54, 1.807) is 24.3 Å². The van der Waals surface area contributed by atoms with Gasteiger partial charge in [0.1, 0.15) is 17.4 Å². The molecule has 3 rings (SSSR count). The summed E-state index contributed by atoms with van der Waals surface area (Å²) in [5.41, 5.74) is 1.19. The second kappa shape index (κ2) is 18.2. The number of halogens is 2. The Morgan fingerprint density at radius 1 is 0.727 bits per heavy atom. The van der Waals surface area contributed by atoms with Crippen molar-refractivity contribution in [1.29, 1.82) is 0 Å². The summed E-state index contributed by atoms with van der Waals surface area (Å²) in [5, 5.41) is 9.27. The zero-order valence-electron chi connectivity index (χ0n) is 26.3. The van der Waals surface area contributed by atoms with Crippen LogP contribution in [0.5, 0.6) is 5.75 Å². The van der Waals surface area contributed by atoms with E-state index in [-0.39, 0.29) is 22.8 Å². The lowest BCUT2D eigenvalue weighted by Crippen LogP contribution is -2.16. The molecule has 44 heavy (non-hydrogen) atoms. The highest BCUT2D eigenvalue weighted by atomic mass is 19.1. The molecule has 1 unspecified atom stereocenters. The molecule has 0 aliphatic rings. The van der Waals surface area contributed by atoms with E-state index >= 15 is 8.78 Å². The molecular formula is C37H46F2O5. The number of ether oxygens (including phenoxy) is 2. The average Bonchev–Trinajstić information content (AvgIpc) is 3.00. The fourth-order valence-electron chi connectivity index (χ4n) is 5.21. The van der Waals surface area contributed by atoms with Crippen LogP contribution in [0.15, 0.2) is 54.6 Å². The molecule has 3 aromatic carbocycles. The molecule has 0 radical (unpaired) electrons. The molecule has 0 aliphatic heterocycles. The second-order valence-electron chi connectivity index (χ2n) is 11.4. The maximum atomic E-state index is 15.4. The molecule has 1 atom stereocenters. The first-order chi connectivity index (χ1) is 21.2. The number of hydrogen-bond acceptors (Lipinski definition) is 4. The van der Waals surface area contributed by atoms with E-state index in [1.165, 1.54) is 49.9 Å². The van der Waals surface area contributed by atoms with Crippen molar-refractivity contribution in [2.75, 3.05) is 6.61 Å². The summed E-state index contributed by atoms with van der Waals surface area (Å²) >= 11 is 0. The van der Waals surface area contributed by atoms with Crippen LogP contribution in [0.25, 0.3) is 22.3 Å². The van der Waals surface area contributed by atoms with Gasteiger partial charge < -0.3 is 14.6 Å². The number of esters is 1. The lowest BCUT2D eigenvalue weighted by atomic mass is 9.92. The maximum absolute atomic E-state index is 15.4. The SMILES string of the molecule is CCCCCCCCCOc1ccc(-c2ccc(C(=O)O)cc2F)c(-c2ccc(C(=O)OC(C)CCCCCC)c(F)c2)c1. The molecule has 0 aromatic heterocycles. The molecule has 0 fully saturated rings. The molecule has 0 saturated heterocycles. The molecular weight excluding hydrogens is 562 g/mol. The number of carbonyl (C=O) groups is 2. The van der Waals surface area contributed by atoms with Gasteiger partial charge in [-0.15, -0.1) is 0 Å². The summed E-state index contributed by atoms with van der Waals surface area (Å²) in [7, 11) is 0. The molecule has 1 N–H and O–H groups in total. The summed E-state index contributed by atoms with van der Waals surface area (Å²) in [5.74, 6) is -2.86. The molecule has 0 aliphatic carbocycles. The monoisotopic (exact) mass is 608 g/mol. The van der Waals surface area contributed by atoms with Crippen LogP contribution < -0.4 is 4.74 Å². The Balaban J connectivity index is 1.83. The van der Waals surface area contributed by atoms with Crippen LogP contribution in [0.1, 0.15) is 119 Å². The Bertz CT molecular complexity index is 1370. The summed E-state index contributed by atoms with van der Waals surface area (Å²) < 4.78 is 42.0. The number of rotatable bonds is 19. The van der Waals surface area contributed by atoms with Gasteiger partial charge in [0.05, 0.1) is 23.8 Å². The number of aromatic carboxylic acids is 1. The van der Waals surface area contributed by atoms with Crippen molar-refractivity contribution >= 4 is 11.9 Å². The molecule has 0 saturated carbocycles. The highest BCUT2D eigenvalue weighted by Gasteiger charge is 2.20. The van der Waals surface area contributed by atoms with Gasteiger partial charge in [0.25, 0.3) is 0 Å². The Labute approximate surface area is 260 Å².